The number of rotatable bonds is 4. The molecule has 5 nitrogen and oxygen atoms in total. The van der Waals surface area contributed by atoms with Crippen molar-refractivity contribution < 1.29 is 9.34 Å². The lowest BCUT2D eigenvalue weighted by Gasteiger charge is -2.07. The van der Waals surface area contributed by atoms with E-state index in [0.717, 1.165) is 11.9 Å². The summed E-state index contributed by atoms with van der Waals surface area (Å²) in [6.07, 6.45) is 2.93. The minimum Gasteiger partial charge on any atom is -0.404 e. The van der Waals surface area contributed by atoms with E-state index in [1.54, 1.807) is 6.07 Å². The molecule has 0 N–H and O–H groups in total. The molecule has 0 radical (unpaired) electrons. The number of fused-ring (bicyclic) bond motifs is 1. The van der Waals surface area contributed by atoms with E-state index in [9.17, 15) is 10.1 Å². The lowest BCUT2D eigenvalue weighted by molar-refractivity contribution is -0.402. The zero-order chi connectivity index (χ0) is 14.1. The maximum Gasteiger partial charge on any atom is 0.433 e. The van der Waals surface area contributed by atoms with Gasteiger partial charge in [-0.15, -0.1) is 0 Å². The van der Waals surface area contributed by atoms with Crippen molar-refractivity contribution in [2.45, 2.75) is 19.9 Å². The molecule has 0 amide bonds. The number of benzene rings is 1. The maximum atomic E-state index is 10.6. The molecule has 2 heterocycles. The second kappa shape index (κ2) is 4.85. The molecule has 0 aliphatic carbocycles. The predicted octanol–water partition coefficient (Wildman–Crippen LogP) is 3.75. The van der Waals surface area contributed by atoms with Gasteiger partial charge in [0.15, 0.2) is 0 Å². The number of furan rings is 1. The van der Waals surface area contributed by atoms with Crippen molar-refractivity contribution in [1.82, 2.24) is 4.57 Å². The molecule has 0 aliphatic rings. The SMILES string of the molecule is CCc1cccc2ccn(Cc3ccc([N+](=O)[O-])o3)c12. The van der Waals surface area contributed by atoms with Crippen LogP contribution in [0.5, 0.6) is 0 Å². The Hall–Kier alpha value is -2.56. The summed E-state index contributed by atoms with van der Waals surface area (Å²) in [4.78, 5) is 10.1. The van der Waals surface area contributed by atoms with Crippen LogP contribution in [0.25, 0.3) is 10.9 Å². The van der Waals surface area contributed by atoms with Crippen molar-refractivity contribution in [2.24, 2.45) is 0 Å². The van der Waals surface area contributed by atoms with E-state index in [-0.39, 0.29) is 5.88 Å². The average Bonchev–Trinajstić information content (AvgIpc) is 3.06. The van der Waals surface area contributed by atoms with Crippen LogP contribution >= 0.6 is 0 Å². The van der Waals surface area contributed by atoms with Crippen molar-refractivity contribution >= 4 is 16.8 Å². The Morgan fingerprint density at radius 3 is 2.80 bits per heavy atom. The van der Waals surface area contributed by atoms with Gasteiger partial charge in [0, 0.05) is 6.20 Å². The molecule has 3 rings (SSSR count). The van der Waals surface area contributed by atoms with Crippen molar-refractivity contribution in [3.05, 3.63) is 64.0 Å². The maximum absolute atomic E-state index is 10.6. The van der Waals surface area contributed by atoms with Gasteiger partial charge in [0.05, 0.1) is 18.1 Å². The third-order valence-electron chi connectivity index (χ3n) is 3.41. The molecule has 1 aromatic carbocycles. The molecule has 20 heavy (non-hydrogen) atoms. The molecule has 2 aromatic heterocycles. The standard InChI is InChI=1S/C15H14N2O3/c1-2-11-4-3-5-12-8-9-16(15(11)12)10-13-6-7-14(20-13)17(18)19/h3-9H,2,10H2,1H3. The van der Waals surface area contributed by atoms with Crippen molar-refractivity contribution in [3.8, 4) is 0 Å². The lowest BCUT2D eigenvalue weighted by Crippen LogP contribution is -1.98. The summed E-state index contributed by atoms with van der Waals surface area (Å²) in [7, 11) is 0. The summed E-state index contributed by atoms with van der Waals surface area (Å²) in [5, 5.41) is 11.8. The fraction of sp³-hybridized carbons (Fsp3) is 0.200. The first-order valence-electron chi connectivity index (χ1n) is 6.49. The second-order valence-corrected chi connectivity index (χ2v) is 4.65. The van der Waals surface area contributed by atoms with Gasteiger partial charge in [0.1, 0.15) is 10.7 Å². The fourth-order valence-electron chi connectivity index (χ4n) is 2.48. The Bertz CT molecular complexity index is 770. The van der Waals surface area contributed by atoms with Crippen LogP contribution in [0.2, 0.25) is 0 Å². The fourth-order valence-corrected chi connectivity index (χ4v) is 2.48. The number of nitro groups is 1. The minimum absolute atomic E-state index is 0.216. The molecular weight excluding hydrogens is 256 g/mol. The predicted molar refractivity (Wildman–Crippen MR) is 75.8 cm³/mol. The van der Waals surface area contributed by atoms with Crippen molar-refractivity contribution in [3.63, 3.8) is 0 Å². The van der Waals surface area contributed by atoms with Crippen molar-refractivity contribution in [1.29, 1.82) is 0 Å². The van der Waals surface area contributed by atoms with Crippen LogP contribution in [0.1, 0.15) is 18.2 Å². The van der Waals surface area contributed by atoms with Crippen LogP contribution < -0.4 is 0 Å². The quantitative estimate of drug-likeness (QED) is 0.535. The van der Waals surface area contributed by atoms with Gasteiger partial charge in [-0.25, -0.2) is 0 Å². The first-order valence-corrected chi connectivity index (χ1v) is 6.49. The molecule has 0 bridgehead atoms. The average molecular weight is 270 g/mol. The van der Waals surface area contributed by atoms with Crippen LogP contribution in [-0.2, 0) is 13.0 Å². The highest BCUT2D eigenvalue weighted by Gasteiger charge is 2.13. The Balaban J connectivity index is 1.99. The van der Waals surface area contributed by atoms with Gasteiger partial charge in [-0.2, -0.15) is 0 Å². The zero-order valence-electron chi connectivity index (χ0n) is 11.1. The molecule has 0 aliphatic heterocycles. The number of hydrogen-bond acceptors (Lipinski definition) is 3. The summed E-state index contributed by atoms with van der Waals surface area (Å²) in [5.74, 6) is 0.368. The highest BCUT2D eigenvalue weighted by Crippen LogP contribution is 2.23. The van der Waals surface area contributed by atoms with E-state index in [4.69, 9.17) is 4.42 Å². The Kier molecular flexibility index (Phi) is 3.02. The summed E-state index contributed by atoms with van der Waals surface area (Å²) < 4.78 is 7.29. The van der Waals surface area contributed by atoms with Crippen molar-refractivity contribution in [2.75, 3.05) is 0 Å². The van der Waals surface area contributed by atoms with E-state index >= 15 is 0 Å². The zero-order valence-corrected chi connectivity index (χ0v) is 11.1. The Morgan fingerprint density at radius 1 is 1.25 bits per heavy atom. The van der Waals surface area contributed by atoms with Gasteiger partial charge in [-0.3, -0.25) is 10.1 Å². The van der Waals surface area contributed by atoms with E-state index < -0.39 is 4.92 Å². The number of aryl methyl sites for hydroxylation is 1. The molecule has 0 saturated heterocycles. The molecule has 5 heteroatoms. The first kappa shape index (κ1) is 12.5. The van der Waals surface area contributed by atoms with E-state index in [1.165, 1.54) is 17.0 Å². The van der Waals surface area contributed by atoms with Crippen LogP contribution in [0.4, 0.5) is 5.88 Å². The largest absolute Gasteiger partial charge is 0.433 e. The van der Waals surface area contributed by atoms with E-state index in [2.05, 4.69) is 23.6 Å². The Morgan fingerprint density at radius 2 is 2.10 bits per heavy atom. The first-order chi connectivity index (χ1) is 9.69. The van der Waals surface area contributed by atoms with Crippen LogP contribution in [0.15, 0.2) is 47.0 Å². The number of nitrogens with zero attached hydrogens (tertiary/aromatic N) is 2. The van der Waals surface area contributed by atoms with Gasteiger partial charge in [0.25, 0.3) is 0 Å². The topological polar surface area (TPSA) is 61.2 Å². The van der Waals surface area contributed by atoms with Crippen LogP contribution in [0.3, 0.4) is 0 Å². The summed E-state index contributed by atoms with van der Waals surface area (Å²) in [5.41, 5.74) is 2.42. The normalized spacial score (nSPS) is 11.1. The molecule has 0 unspecified atom stereocenters. The summed E-state index contributed by atoms with van der Waals surface area (Å²) >= 11 is 0. The van der Waals surface area contributed by atoms with Crippen LogP contribution in [-0.4, -0.2) is 9.49 Å². The highest BCUT2D eigenvalue weighted by atomic mass is 16.6. The lowest BCUT2D eigenvalue weighted by atomic mass is 10.1. The summed E-state index contributed by atoms with van der Waals surface area (Å²) in [6, 6.07) is 11.3. The number of para-hydroxylation sites is 1. The molecule has 0 saturated carbocycles. The molecule has 3 aromatic rings. The minimum atomic E-state index is -0.519. The molecule has 0 spiro atoms. The third-order valence-corrected chi connectivity index (χ3v) is 3.41. The van der Waals surface area contributed by atoms with Gasteiger partial charge in [-0.05, 0) is 29.5 Å². The van der Waals surface area contributed by atoms with Gasteiger partial charge in [0.2, 0.25) is 0 Å². The second-order valence-electron chi connectivity index (χ2n) is 4.65. The highest BCUT2D eigenvalue weighted by molar-refractivity contribution is 5.83. The third kappa shape index (κ3) is 2.07. The molecular formula is C15H14N2O3. The molecule has 102 valence electrons. The monoisotopic (exact) mass is 270 g/mol. The molecule has 0 fully saturated rings. The number of aromatic nitrogens is 1. The van der Waals surface area contributed by atoms with Gasteiger partial charge >= 0.3 is 5.88 Å². The van der Waals surface area contributed by atoms with Crippen LogP contribution in [0, 0.1) is 10.1 Å². The van der Waals surface area contributed by atoms with Gasteiger partial charge < -0.3 is 8.98 Å². The number of hydrogen-bond donors (Lipinski definition) is 0. The van der Waals surface area contributed by atoms with E-state index in [1.807, 2.05) is 18.3 Å². The molecule has 0 atom stereocenters. The Labute approximate surface area is 115 Å². The smallest absolute Gasteiger partial charge is 0.404 e. The summed E-state index contributed by atoms with van der Waals surface area (Å²) in [6.45, 7) is 2.61. The van der Waals surface area contributed by atoms with E-state index in [0.29, 0.717) is 12.3 Å². The van der Waals surface area contributed by atoms with Gasteiger partial charge in [-0.1, -0.05) is 25.1 Å².